The molecular formula is C19H20O6. The molecule has 3 rings (SSSR count). The summed E-state index contributed by atoms with van der Waals surface area (Å²) >= 11 is 0. The van der Waals surface area contributed by atoms with Gasteiger partial charge in [0.05, 0.1) is 26.9 Å². The summed E-state index contributed by atoms with van der Waals surface area (Å²) < 4.78 is 27.1. The van der Waals surface area contributed by atoms with E-state index in [1.165, 1.54) is 0 Å². The summed E-state index contributed by atoms with van der Waals surface area (Å²) in [6.45, 7) is 0.277. The molecule has 1 aliphatic heterocycles. The number of carbonyl (C=O) groups is 1. The molecule has 0 bridgehead atoms. The van der Waals surface area contributed by atoms with Gasteiger partial charge in [0.25, 0.3) is 0 Å². The van der Waals surface area contributed by atoms with Crippen molar-refractivity contribution in [3.63, 3.8) is 0 Å². The van der Waals surface area contributed by atoms with E-state index in [9.17, 15) is 4.79 Å². The van der Waals surface area contributed by atoms with E-state index in [1.54, 1.807) is 57.7 Å². The summed E-state index contributed by atoms with van der Waals surface area (Å²) in [5.41, 5.74) is 1.30. The zero-order valence-corrected chi connectivity index (χ0v) is 14.4. The highest BCUT2D eigenvalue weighted by molar-refractivity contribution is 5.90. The van der Waals surface area contributed by atoms with Crippen LogP contribution in [0.25, 0.3) is 0 Å². The standard InChI is InChI=1S/C19H20O6/c1-21-13-6-4-5-12(7-13)19(20)25-15-8-16-17(23-3)9-14(22-2)10-18(16)24-11-15/h4-7,9-10,15H,8,11H2,1-3H3/t15-/m1/s1. The monoisotopic (exact) mass is 344 g/mol. The third-order valence-electron chi connectivity index (χ3n) is 4.03. The molecule has 1 atom stereocenters. The Balaban J connectivity index is 1.75. The number of rotatable bonds is 5. The first-order chi connectivity index (χ1) is 12.1. The van der Waals surface area contributed by atoms with Crippen LogP contribution in [-0.4, -0.2) is 40.0 Å². The predicted octanol–water partition coefficient (Wildman–Crippen LogP) is 2.87. The fourth-order valence-electron chi connectivity index (χ4n) is 2.74. The molecule has 2 aromatic carbocycles. The lowest BCUT2D eigenvalue weighted by atomic mass is 10.0. The fraction of sp³-hybridized carbons (Fsp3) is 0.316. The van der Waals surface area contributed by atoms with Gasteiger partial charge in [0.15, 0.2) is 0 Å². The highest BCUT2D eigenvalue weighted by atomic mass is 16.6. The van der Waals surface area contributed by atoms with Crippen LogP contribution >= 0.6 is 0 Å². The topological polar surface area (TPSA) is 63.2 Å². The van der Waals surface area contributed by atoms with Gasteiger partial charge in [0, 0.05) is 24.1 Å². The lowest BCUT2D eigenvalue weighted by Gasteiger charge is -2.27. The van der Waals surface area contributed by atoms with Crippen molar-refractivity contribution in [2.24, 2.45) is 0 Å². The Morgan fingerprint density at radius 3 is 2.56 bits per heavy atom. The van der Waals surface area contributed by atoms with Crippen LogP contribution < -0.4 is 18.9 Å². The van der Waals surface area contributed by atoms with E-state index < -0.39 is 12.1 Å². The number of benzene rings is 2. The lowest BCUT2D eigenvalue weighted by Crippen LogP contribution is -2.31. The van der Waals surface area contributed by atoms with Gasteiger partial charge in [0.1, 0.15) is 35.7 Å². The second-order valence-corrected chi connectivity index (χ2v) is 5.58. The third kappa shape index (κ3) is 3.63. The Kier molecular flexibility index (Phi) is 4.97. The van der Waals surface area contributed by atoms with Gasteiger partial charge in [-0.2, -0.15) is 0 Å². The van der Waals surface area contributed by atoms with Gasteiger partial charge in [-0.3, -0.25) is 0 Å². The molecule has 0 radical (unpaired) electrons. The van der Waals surface area contributed by atoms with Crippen molar-refractivity contribution in [1.82, 2.24) is 0 Å². The maximum absolute atomic E-state index is 12.4. The highest BCUT2D eigenvalue weighted by Gasteiger charge is 2.27. The quantitative estimate of drug-likeness (QED) is 0.777. The molecule has 0 aliphatic carbocycles. The van der Waals surface area contributed by atoms with Crippen LogP contribution in [0.2, 0.25) is 0 Å². The SMILES string of the molecule is COc1cccc(C(=O)O[C@H]2COc3cc(OC)cc(OC)c3C2)c1. The Morgan fingerprint density at radius 1 is 1.04 bits per heavy atom. The summed E-state index contributed by atoms with van der Waals surface area (Å²) in [4.78, 5) is 12.4. The van der Waals surface area contributed by atoms with E-state index in [-0.39, 0.29) is 6.61 Å². The summed E-state index contributed by atoms with van der Waals surface area (Å²) in [5, 5.41) is 0. The zero-order chi connectivity index (χ0) is 17.8. The van der Waals surface area contributed by atoms with Crippen LogP contribution in [0.5, 0.6) is 23.0 Å². The van der Waals surface area contributed by atoms with E-state index in [2.05, 4.69) is 0 Å². The third-order valence-corrected chi connectivity index (χ3v) is 4.03. The first kappa shape index (κ1) is 17.0. The first-order valence-electron chi connectivity index (χ1n) is 7.87. The predicted molar refractivity (Wildman–Crippen MR) is 90.9 cm³/mol. The molecule has 1 heterocycles. The molecule has 6 heteroatoms. The molecule has 25 heavy (non-hydrogen) atoms. The molecule has 0 saturated heterocycles. The van der Waals surface area contributed by atoms with Gasteiger partial charge in [-0.1, -0.05) is 6.07 Å². The molecule has 2 aromatic rings. The average molecular weight is 344 g/mol. The van der Waals surface area contributed by atoms with E-state index in [1.807, 2.05) is 0 Å². The Bertz CT molecular complexity index is 753. The van der Waals surface area contributed by atoms with Crippen molar-refractivity contribution in [3.05, 3.63) is 47.5 Å². The van der Waals surface area contributed by atoms with Crippen molar-refractivity contribution in [1.29, 1.82) is 0 Å². The molecule has 6 nitrogen and oxygen atoms in total. The molecular weight excluding hydrogens is 324 g/mol. The maximum Gasteiger partial charge on any atom is 0.338 e. The molecule has 0 fully saturated rings. The summed E-state index contributed by atoms with van der Waals surface area (Å²) in [7, 11) is 4.72. The largest absolute Gasteiger partial charge is 0.497 e. The normalized spacial score (nSPS) is 15.6. The molecule has 0 N–H and O–H groups in total. The van der Waals surface area contributed by atoms with Gasteiger partial charge >= 0.3 is 5.97 Å². The second-order valence-electron chi connectivity index (χ2n) is 5.58. The minimum absolute atomic E-state index is 0.277. The number of esters is 1. The highest BCUT2D eigenvalue weighted by Crippen LogP contribution is 2.37. The van der Waals surface area contributed by atoms with E-state index in [4.69, 9.17) is 23.7 Å². The Hall–Kier alpha value is -2.89. The minimum Gasteiger partial charge on any atom is -0.497 e. The summed E-state index contributed by atoms with van der Waals surface area (Å²) in [5.74, 6) is 2.18. The van der Waals surface area contributed by atoms with Crippen molar-refractivity contribution in [3.8, 4) is 23.0 Å². The van der Waals surface area contributed by atoms with Gasteiger partial charge in [-0.15, -0.1) is 0 Å². The number of fused-ring (bicyclic) bond motifs is 1. The van der Waals surface area contributed by atoms with Crippen molar-refractivity contribution in [2.75, 3.05) is 27.9 Å². The Morgan fingerprint density at radius 2 is 1.84 bits per heavy atom. The molecule has 0 amide bonds. The van der Waals surface area contributed by atoms with Crippen molar-refractivity contribution >= 4 is 5.97 Å². The number of hydrogen-bond acceptors (Lipinski definition) is 6. The number of methoxy groups -OCH3 is 3. The molecule has 0 saturated carbocycles. The summed E-state index contributed by atoms with van der Waals surface area (Å²) in [6, 6.07) is 10.4. The number of carbonyl (C=O) groups excluding carboxylic acids is 1. The average Bonchev–Trinajstić information content (AvgIpc) is 2.67. The van der Waals surface area contributed by atoms with Gasteiger partial charge in [-0.25, -0.2) is 4.79 Å². The van der Waals surface area contributed by atoms with Gasteiger partial charge in [-0.05, 0) is 18.2 Å². The molecule has 0 aromatic heterocycles. The lowest BCUT2D eigenvalue weighted by molar-refractivity contribution is 0.0128. The van der Waals surface area contributed by atoms with Crippen molar-refractivity contribution < 1.29 is 28.5 Å². The first-order valence-corrected chi connectivity index (χ1v) is 7.87. The van der Waals surface area contributed by atoms with Crippen LogP contribution in [0.1, 0.15) is 15.9 Å². The van der Waals surface area contributed by atoms with Crippen LogP contribution in [0.15, 0.2) is 36.4 Å². The zero-order valence-electron chi connectivity index (χ0n) is 14.4. The van der Waals surface area contributed by atoms with E-state index >= 15 is 0 Å². The van der Waals surface area contributed by atoms with Crippen molar-refractivity contribution in [2.45, 2.75) is 12.5 Å². The fourth-order valence-corrected chi connectivity index (χ4v) is 2.74. The van der Waals surface area contributed by atoms with Crippen LogP contribution in [0.3, 0.4) is 0 Å². The molecule has 1 aliphatic rings. The van der Waals surface area contributed by atoms with Gasteiger partial charge in [0.2, 0.25) is 0 Å². The van der Waals surface area contributed by atoms with Gasteiger partial charge < -0.3 is 23.7 Å². The smallest absolute Gasteiger partial charge is 0.338 e. The second kappa shape index (κ2) is 7.34. The molecule has 0 spiro atoms. The maximum atomic E-state index is 12.4. The molecule has 132 valence electrons. The summed E-state index contributed by atoms with van der Waals surface area (Å²) in [6.07, 6.45) is 0.117. The number of ether oxygens (including phenoxy) is 5. The number of hydrogen-bond donors (Lipinski definition) is 0. The van der Waals surface area contributed by atoms with Crippen LogP contribution in [-0.2, 0) is 11.2 Å². The van der Waals surface area contributed by atoms with Crippen LogP contribution in [0.4, 0.5) is 0 Å². The molecule has 0 unspecified atom stereocenters. The minimum atomic E-state index is -0.413. The van der Waals surface area contributed by atoms with Crippen LogP contribution in [0, 0.1) is 0 Å². The van der Waals surface area contributed by atoms with E-state index in [0.717, 1.165) is 5.56 Å². The Labute approximate surface area is 146 Å². The van der Waals surface area contributed by atoms with E-state index in [0.29, 0.717) is 35.0 Å².